The third-order valence-corrected chi connectivity index (χ3v) is 5.70. The number of benzene rings is 1. The summed E-state index contributed by atoms with van der Waals surface area (Å²) in [6.07, 6.45) is 2.84. The number of rotatable bonds is 6. The average molecular weight is 416 g/mol. The van der Waals surface area contributed by atoms with E-state index in [0.29, 0.717) is 16.2 Å². The fourth-order valence-electron chi connectivity index (χ4n) is 2.76. The highest BCUT2D eigenvalue weighted by Crippen LogP contribution is 2.25. The van der Waals surface area contributed by atoms with Crippen molar-refractivity contribution < 1.29 is 17.2 Å². The third kappa shape index (κ3) is 4.11. The lowest BCUT2D eigenvalue weighted by atomic mass is 10.2. The van der Waals surface area contributed by atoms with Crippen LogP contribution < -0.4 is 4.72 Å². The Hall–Kier alpha value is -2.46. The van der Waals surface area contributed by atoms with Gasteiger partial charge in [0.2, 0.25) is 0 Å². The van der Waals surface area contributed by atoms with Crippen molar-refractivity contribution in [2.24, 2.45) is 0 Å². The van der Waals surface area contributed by atoms with Crippen molar-refractivity contribution in [1.29, 1.82) is 0 Å². The molecule has 2 aromatic heterocycles. The maximum absolute atomic E-state index is 12.9. The average Bonchev–Trinajstić information content (AvgIpc) is 3.10. The molecule has 0 fully saturated rings. The van der Waals surface area contributed by atoms with E-state index >= 15 is 0 Å². The van der Waals surface area contributed by atoms with E-state index in [1.54, 1.807) is 18.2 Å². The van der Waals surface area contributed by atoms with Crippen molar-refractivity contribution in [3.63, 3.8) is 0 Å². The summed E-state index contributed by atoms with van der Waals surface area (Å²) >= 11 is 5.94. The monoisotopic (exact) mass is 415 g/mol. The molecule has 0 saturated carbocycles. The first-order chi connectivity index (χ1) is 12.7. The van der Waals surface area contributed by atoms with Crippen LogP contribution >= 0.6 is 11.6 Å². The van der Waals surface area contributed by atoms with Crippen LogP contribution in [-0.4, -0.2) is 28.0 Å². The lowest BCUT2D eigenvalue weighted by molar-refractivity contribution is 0.0538. The summed E-state index contributed by atoms with van der Waals surface area (Å²) in [7, 11) is -4.09. The molecule has 0 saturated heterocycles. The first-order valence-corrected chi connectivity index (χ1v) is 9.67. The highest BCUT2D eigenvalue weighted by Gasteiger charge is 2.27. The summed E-state index contributed by atoms with van der Waals surface area (Å²) in [6.45, 7) is 0.115. The highest BCUT2D eigenvalue weighted by atomic mass is 35.5. The molecule has 0 aliphatic heterocycles. The molecule has 0 atom stereocenters. The van der Waals surface area contributed by atoms with E-state index in [0.717, 1.165) is 5.56 Å². The quantitative estimate of drug-likeness (QED) is 0.667. The Morgan fingerprint density at radius 2 is 2.04 bits per heavy atom. The minimum Gasteiger partial charge on any atom is -0.276 e. The van der Waals surface area contributed by atoms with E-state index in [-0.39, 0.29) is 22.0 Å². The van der Waals surface area contributed by atoms with Crippen LogP contribution in [0.3, 0.4) is 0 Å². The van der Waals surface area contributed by atoms with Crippen molar-refractivity contribution in [3.05, 3.63) is 58.6 Å². The van der Waals surface area contributed by atoms with Crippen molar-refractivity contribution in [1.82, 2.24) is 19.6 Å². The van der Waals surface area contributed by atoms with Crippen LogP contribution in [0.1, 0.15) is 23.5 Å². The summed E-state index contributed by atoms with van der Waals surface area (Å²) in [5.41, 5.74) is 0.957. The summed E-state index contributed by atoms with van der Waals surface area (Å²) < 4.78 is 55.4. The molecule has 0 unspecified atom stereocenters. The molecule has 144 valence electrons. The van der Waals surface area contributed by atoms with Crippen LogP contribution in [0.25, 0.3) is 0 Å². The summed E-state index contributed by atoms with van der Waals surface area (Å²) in [6, 6.07) is 7.19. The van der Waals surface area contributed by atoms with Gasteiger partial charge in [0, 0.05) is 11.2 Å². The van der Waals surface area contributed by atoms with Crippen LogP contribution in [0, 0.1) is 13.8 Å². The SMILES string of the molecule is Cc1nn(C(F)F)c(C)c1S(=O)(=O)Nc1cnn(Cc2cccc(Cl)c2)c1. The normalized spacial score (nSPS) is 11.9. The third-order valence-electron chi connectivity index (χ3n) is 3.83. The van der Waals surface area contributed by atoms with Crippen molar-refractivity contribution >= 4 is 27.3 Å². The number of nitrogens with one attached hydrogen (secondary N) is 1. The van der Waals surface area contributed by atoms with E-state index in [1.165, 1.54) is 30.9 Å². The zero-order valence-corrected chi connectivity index (χ0v) is 16.0. The number of hydrogen-bond donors (Lipinski definition) is 1. The fourth-order valence-corrected chi connectivity index (χ4v) is 4.40. The molecule has 0 aliphatic carbocycles. The predicted octanol–water partition coefficient (Wildman–Crippen LogP) is 3.59. The molecule has 0 bridgehead atoms. The van der Waals surface area contributed by atoms with Gasteiger partial charge < -0.3 is 0 Å². The van der Waals surface area contributed by atoms with Gasteiger partial charge in [0.1, 0.15) is 4.90 Å². The molecule has 0 aliphatic rings. The van der Waals surface area contributed by atoms with E-state index in [1.807, 2.05) is 6.07 Å². The van der Waals surface area contributed by atoms with E-state index in [9.17, 15) is 17.2 Å². The number of nitrogens with zero attached hydrogens (tertiary/aromatic N) is 4. The van der Waals surface area contributed by atoms with Crippen molar-refractivity contribution in [3.8, 4) is 0 Å². The second-order valence-corrected chi connectivity index (χ2v) is 7.94. The summed E-state index contributed by atoms with van der Waals surface area (Å²) in [5.74, 6) is 0. The fraction of sp³-hybridized carbons (Fsp3) is 0.250. The number of halogens is 3. The number of aromatic nitrogens is 4. The Bertz CT molecular complexity index is 1080. The Kier molecular flexibility index (Phi) is 5.20. The molecule has 3 aromatic rings. The Morgan fingerprint density at radius 3 is 2.67 bits per heavy atom. The van der Waals surface area contributed by atoms with Crippen LogP contribution in [0.15, 0.2) is 41.6 Å². The van der Waals surface area contributed by atoms with Crippen molar-refractivity contribution in [2.45, 2.75) is 31.8 Å². The number of aryl methyl sites for hydroxylation is 1. The second kappa shape index (κ2) is 7.28. The maximum atomic E-state index is 12.9. The standard InChI is InChI=1S/C16H16ClF2N5O2S/c1-10-15(11(2)24(21-10)16(18)19)27(25,26)22-14-7-20-23(9-14)8-12-4-3-5-13(17)6-12/h3-7,9,16,22H,8H2,1-2H3. The minimum absolute atomic E-state index is 0.00776. The van der Waals surface area contributed by atoms with Crippen LogP contribution in [-0.2, 0) is 16.6 Å². The Morgan fingerprint density at radius 1 is 1.30 bits per heavy atom. The summed E-state index contributed by atoms with van der Waals surface area (Å²) in [5, 5.41) is 8.29. The molecule has 1 N–H and O–H groups in total. The molecule has 7 nitrogen and oxygen atoms in total. The lowest BCUT2D eigenvalue weighted by Crippen LogP contribution is -2.15. The molecule has 0 amide bonds. The van der Waals surface area contributed by atoms with E-state index in [2.05, 4.69) is 14.9 Å². The number of hydrogen-bond acceptors (Lipinski definition) is 4. The zero-order chi connectivity index (χ0) is 19.8. The van der Waals surface area contributed by atoms with Gasteiger partial charge in [-0.15, -0.1) is 0 Å². The van der Waals surface area contributed by atoms with Gasteiger partial charge in [-0.1, -0.05) is 23.7 Å². The highest BCUT2D eigenvalue weighted by molar-refractivity contribution is 7.92. The van der Waals surface area contributed by atoms with Gasteiger partial charge in [-0.2, -0.15) is 19.0 Å². The predicted molar refractivity (Wildman–Crippen MR) is 96.5 cm³/mol. The van der Waals surface area contributed by atoms with Crippen LogP contribution in [0.5, 0.6) is 0 Å². The van der Waals surface area contributed by atoms with Gasteiger partial charge in [-0.3, -0.25) is 9.40 Å². The van der Waals surface area contributed by atoms with Crippen LogP contribution in [0.4, 0.5) is 14.5 Å². The first kappa shape index (κ1) is 19.3. The van der Waals surface area contributed by atoms with Gasteiger partial charge in [-0.05, 0) is 31.5 Å². The molecular weight excluding hydrogens is 400 g/mol. The molecule has 0 radical (unpaired) electrons. The molecule has 27 heavy (non-hydrogen) atoms. The van der Waals surface area contributed by atoms with Gasteiger partial charge in [0.25, 0.3) is 10.0 Å². The molecule has 1 aromatic carbocycles. The largest absolute Gasteiger partial charge is 0.333 e. The van der Waals surface area contributed by atoms with Crippen LogP contribution in [0.2, 0.25) is 5.02 Å². The van der Waals surface area contributed by atoms with Gasteiger partial charge in [0.15, 0.2) is 0 Å². The smallest absolute Gasteiger partial charge is 0.276 e. The minimum atomic E-state index is -4.09. The maximum Gasteiger partial charge on any atom is 0.333 e. The molecule has 2 heterocycles. The Labute approximate surface area is 159 Å². The first-order valence-electron chi connectivity index (χ1n) is 7.81. The second-order valence-electron chi connectivity index (χ2n) is 5.88. The van der Waals surface area contributed by atoms with E-state index < -0.39 is 16.6 Å². The zero-order valence-electron chi connectivity index (χ0n) is 14.4. The van der Waals surface area contributed by atoms with Gasteiger partial charge >= 0.3 is 6.55 Å². The topological polar surface area (TPSA) is 81.8 Å². The number of anilines is 1. The van der Waals surface area contributed by atoms with E-state index in [4.69, 9.17) is 11.6 Å². The Balaban J connectivity index is 1.82. The molecule has 0 spiro atoms. The molecule has 11 heteroatoms. The number of sulfonamides is 1. The summed E-state index contributed by atoms with van der Waals surface area (Å²) in [4.78, 5) is -0.273. The van der Waals surface area contributed by atoms with Gasteiger partial charge in [-0.25, -0.2) is 13.1 Å². The number of alkyl halides is 2. The molecular formula is C16H16ClF2N5O2S. The lowest BCUT2D eigenvalue weighted by Gasteiger charge is -2.07. The van der Waals surface area contributed by atoms with Gasteiger partial charge in [0.05, 0.1) is 29.8 Å². The van der Waals surface area contributed by atoms with Crippen molar-refractivity contribution in [2.75, 3.05) is 4.72 Å². The molecule has 3 rings (SSSR count).